The lowest BCUT2D eigenvalue weighted by molar-refractivity contribution is -0.136. The van der Waals surface area contributed by atoms with Crippen molar-refractivity contribution < 1.29 is 27.9 Å². The number of carboxylic acid groups (broad SMARTS) is 1. The molecule has 0 atom stereocenters. The summed E-state index contributed by atoms with van der Waals surface area (Å²) in [6.45, 7) is 0. The summed E-state index contributed by atoms with van der Waals surface area (Å²) < 4.78 is 38.5. The van der Waals surface area contributed by atoms with Crippen molar-refractivity contribution in [3.05, 3.63) is 59.7 Å². The largest absolute Gasteiger partial charge is 0.478 e. The van der Waals surface area contributed by atoms with Crippen molar-refractivity contribution in [2.45, 2.75) is 6.18 Å². The van der Waals surface area contributed by atoms with Gasteiger partial charge < -0.3 is 10.4 Å². The first-order chi connectivity index (χ1) is 11.3. The number of benzene rings is 2. The van der Waals surface area contributed by atoms with E-state index < -0.39 is 23.7 Å². The first-order valence-electron chi connectivity index (χ1n) is 6.60. The van der Waals surface area contributed by atoms with E-state index in [0.29, 0.717) is 5.69 Å². The number of nitrogens with one attached hydrogen (secondary N) is 3. The van der Waals surface area contributed by atoms with Crippen molar-refractivity contribution in [1.82, 2.24) is 5.43 Å². The van der Waals surface area contributed by atoms with Crippen molar-refractivity contribution in [3.8, 4) is 0 Å². The number of carbonyl (C=O) groups is 2. The number of hydrogen-bond donors (Lipinski definition) is 4. The zero-order valence-corrected chi connectivity index (χ0v) is 12.0. The number of hydrogen-bond acceptors (Lipinski definition) is 3. The van der Waals surface area contributed by atoms with Crippen LogP contribution >= 0.6 is 0 Å². The molecule has 0 aromatic heterocycles. The number of carboxylic acids is 1. The zero-order chi connectivity index (χ0) is 17.7. The van der Waals surface area contributed by atoms with E-state index in [-0.39, 0.29) is 11.3 Å². The van der Waals surface area contributed by atoms with Gasteiger partial charge in [-0.1, -0.05) is 12.1 Å². The molecule has 0 aliphatic rings. The van der Waals surface area contributed by atoms with E-state index in [1.165, 1.54) is 36.4 Å². The molecule has 9 heteroatoms. The standard InChI is InChI=1S/C15H12F3N3O3/c16-15(17,18)11-3-1-2-4-12(11)19-14(24)21-20-10-7-5-9(6-8-10)13(22)23/h1-8,20H,(H,22,23)(H2,19,21,24). The fourth-order valence-electron chi connectivity index (χ4n) is 1.82. The van der Waals surface area contributed by atoms with Crippen LogP contribution in [0.3, 0.4) is 0 Å². The molecule has 0 aliphatic carbocycles. The van der Waals surface area contributed by atoms with Gasteiger partial charge in [0.1, 0.15) is 0 Å². The molecule has 0 heterocycles. The molecule has 0 aliphatic heterocycles. The molecule has 2 amide bonds. The van der Waals surface area contributed by atoms with E-state index in [0.717, 1.165) is 12.1 Å². The highest BCUT2D eigenvalue weighted by atomic mass is 19.4. The molecule has 2 aromatic carbocycles. The van der Waals surface area contributed by atoms with Crippen LogP contribution in [0.5, 0.6) is 0 Å². The van der Waals surface area contributed by atoms with Gasteiger partial charge in [0.25, 0.3) is 0 Å². The number of alkyl halides is 3. The Labute approximate surface area is 134 Å². The molecule has 0 bridgehead atoms. The Morgan fingerprint density at radius 3 is 2.17 bits per heavy atom. The average molecular weight is 339 g/mol. The van der Waals surface area contributed by atoms with Gasteiger partial charge >= 0.3 is 18.2 Å². The minimum absolute atomic E-state index is 0.0594. The highest BCUT2D eigenvalue weighted by molar-refractivity contribution is 5.91. The smallest absolute Gasteiger partial charge is 0.418 e. The Kier molecular flexibility index (Phi) is 4.93. The number of halogens is 3. The van der Waals surface area contributed by atoms with E-state index in [9.17, 15) is 22.8 Å². The molecule has 2 aromatic rings. The van der Waals surface area contributed by atoms with Crippen LogP contribution in [0.4, 0.5) is 29.3 Å². The second kappa shape index (κ2) is 6.90. The molecule has 0 saturated heterocycles. The Hall–Kier alpha value is -3.23. The zero-order valence-electron chi connectivity index (χ0n) is 12.0. The summed E-state index contributed by atoms with van der Waals surface area (Å²) in [5.74, 6) is -1.10. The van der Waals surface area contributed by atoms with Gasteiger partial charge in [0.2, 0.25) is 0 Å². The third kappa shape index (κ3) is 4.38. The van der Waals surface area contributed by atoms with Gasteiger partial charge in [0, 0.05) is 0 Å². The van der Waals surface area contributed by atoms with Crippen LogP contribution in [-0.2, 0) is 6.18 Å². The molecule has 2 rings (SSSR count). The molecule has 6 nitrogen and oxygen atoms in total. The van der Waals surface area contributed by atoms with Crippen LogP contribution in [0.1, 0.15) is 15.9 Å². The van der Waals surface area contributed by atoms with Crippen LogP contribution in [0.15, 0.2) is 48.5 Å². The molecule has 0 spiro atoms. The highest BCUT2D eigenvalue weighted by Gasteiger charge is 2.33. The maximum Gasteiger partial charge on any atom is 0.418 e. The normalized spacial score (nSPS) is 10.8. The summed E-state index contributed by atoms with van der Waals surface area (Å²) >= 11 is 0. The predicted molar refractivity (Wildman–Crippen MR) is 80.6 cm³/mol. The third-order valence-electron chi connectivity index (χ3n) is 2.93. The quantitative estimate of drug-likeness (QED) is 0.641. The summed E-state index contributed by atoms with van der Waals surface area (Å²) in [6, 6.07) is 9.07. The molecular weight excluding hydrogens is 327 g/mol. The summed E-state index contributed by atoms with van der Waals surface area (Å²) in [4.78, 5) is 22.4. The number of amides is 2. The number of urea groups is 1. The first kappa shape index (κ1) is 17.1. The second-order valence-corrected chi connectivity index (χ2v) is 4.63. The predicted octanol–water partition coefficient (Wildman–Crippen LogP) is 3.55. The summed E-state index contributed by atoms with van der Waals surface area (Å²) in [5, 5.41) is 10.8. The number of hydrazine groups is 1. The summed E-state index contributed by atoms with van der Waals surface area (Å²) in [6.07, 6.45) is -4.59. The highest BCUT2D eigenvalue weighted by Crippen LogP contribution is 2.34. The van der Waals surface area contributed by atoms with Gasteiger partial charge in [-0.25, -0.2) is 9.59 Å². The second-order valence-electron chi connectivity index (χ2n) is 4.63. The van der Waals surface area contributed by atoms with Gasteiger partial charge in [-0.3, -0.25) is 10.9 Å². The van der Waals surface area contributed by atoms with Crippen molar-refractivity contribution in [2.75, 3.05) is 10.7 Å². The minimum Gasteiger partial charge on any atom is -0.478 e. The van der Waals surface area contributed by atoms with Gasteiger partial charge in [0.05, 0.1) is 22.5 Å². The summed E-state index contributed by atoms with van der Waals surface area (Å²) in [5.41, 5.74) is 3.68. The average Bonchev–Trinajstić information content (AvgIpc) is 2.53. The van der Waals surface area contributed by atoms with Crippen LogP contribution in [-0.4, -0.2) is 17.1 Å². The van der Waals surface area contributed by atoms with Crippen LogP contribution in [0.2, 0.25) is 0 Å². The van der Waals surface area contributed by atoms with E-state index in [2.05, 4.69) is 16.2 Å². The Bertz CT molecular complexity index is 746. The van der Waals surface area contributed by atoms with E-state index in [4.69, 9.17) is 5.11 Å². The molecule has 24 heavy (non-hydrogen) atoms. The Morgan fingerprint density at radius 1 is 0.958 bits per heavy atom. The van der Waals surface area contributed by atoms with Gasteiger partial charge in [-0.05, 0) is 36.4 Å². The van der Waals surface area contributed by atoms with Crippen molar-refractivity contribution in [2.24, 2.45) is 0 Å². The van der Waals surface area contributed by atoms with Crippen LogP contribution < -0.4 is 16.2 Å². The Morgan fingerprint density at radius 2 is 1.58 bits per heavy atom. The maximum atomic E-state index is 12.8. The van der Waals surface area contributed by atoms with Crippen molar-refractivity contribution in [1.29, 1.82) is 0 Å². The number of para-hydroxylation sites is 1. The lowest BCUT2D eigenvalue weighted by Gasteiger charge is -2.14. The topological polar surface area (TPSA) is 90.5 Å². The SMILES string of the molecule is O=C(NNc1ccc(C(=O)O)cc1)Nc1ccccc1C(F)(F)F. The van der Waals surface area contributed by atoms with Crippen molar-refractivity contribution in [3.63, 3.8) is 0 Å². The van der Waals surface area contributed by atoms with Gasteiger partial charge in [0.15, 0.2) is 0 Å². The number of anilines is 2. The van der Waals surface area contributed by atoms with Crippen LogP contribution in [0.25, 0.3) is 0 Å². The van der Waals surface area contributed by atoms with Crippen molar-refractivity contribution >= 4 is 23.4 Å². The monoisotopic (exact) mass is 339 g/mol. The lowest BCUT2D eigenvalue weighted by atomic mass is 10.1. The molecule has 0 radical (unpaired) electrons. The number of aromatic carboxylic acids is 1. The lowest BCUT2D eigenvalue weighted by Crippen LogP contribution is -2.34. The molecule has 0 fully saturated rings. The first-order valence-corrected chi connectivity index (χ1v) is 6.60. The summed E-state index contributed by atoms with van der Waals surface area (Å²) in [7, 11) is 0. The maximum absolute atomic E-state index is 12.8. The number of carbonyl (C=O) groups excluding carboxylic acids is 1. The van der Waals surface area contributed by atoms with Gasteiger partial charge in [-0.2, -0.15) is 13.2 Å². The van der Waals surface area contributed by atoms with E-state index >= 15 is 0 Å². The molecule has 0 saturated carbocycles. The van der Waals surface area contributed by atoms with E-state index in [1.54, 1.807) is 0 Å². The Balaban J connectivity index is 1.98. The van der Waals surface area contributed by atoms with Crippen LogP contribution in [0, 0.1) is 0 Å². The third-order valence-corrected chi connectivity index (χ3v) is 2.93. The van der Waals surface area contributed by atoms with Gasteiger partial charge in [-0.15, -0.1) is 0 Å². The number of rotatable bonds is 4. The molecule has 0 unspecified atom stereocenters. The molecule has 4 N–H and O–H groups in total. The fraction of sp³-hybridized carbons (Fsp3) is 0.0667. The fourth-order valence-corrected chi connectivity index (χ4v) is 1.82. The molecular formula is C15H12F3N3O3. The van der Waals surface area contributed by atoms with E-state index in [1.807, 2.05) is 0 Å². The minimum atomic E-state index is -4.59. The molecule has 126 valence electrons.